The Kier molecular flexibility index (Phi) is 4.45. The minimum Gasteiger partial charge on any atom is -0.350 e. The number of carbonyl (C=O) groups excluding carboxylic acids is 1. The molecule has 0 aliphatic rings. The Morgan fingerprint density at radius 3 is 2.80 bits per heavy atom. The molecule has 1 heterocycles. The third-order valence-corrected chi connectivity index (χ3v) is 3.08. The van der Waals surface area contributed by atoms with Crippen molar-refractivity contribution in [3.8, 4) is 5.69 Å². The third-order valence-electron chi connectivity index (χ3n) is 2.84. The SMILES string of the molecule is Cc1cc(C(=O)NCC(C)C)nn1-c1cccc(Cl)c1. The van der Waals surface area contributed by atoms with Crippen molar-refractivity contribution in [2.45, 2.75) is 20.8 Å². The molecule has 0 aliphatic carbocycles. The van der Waals surface area contributed by atoms with Crippen LogP contribution >= 0.6 is 11.6 Å². The number of hydrogen-bond donors (Lipinski definition) is 1. The highest BCUT2D eigenvalue weighted by Gasteiger charge is 2.13. The van der Waals surface area contributed by atoms with Crippen molar-refractivity contribution in [1.82, 2.24) is 15.1 Å². The zero-order valence-electron chi connectivity index (χ0n) is 11.9. The summed E-state index contributed by atoms with van der Waals surface area (Å²) >= 11 is 5.98. The Balaban J connectivity index is 2.23. The summed E-state index contributed by atoms with van der Waals surface area (Å²) in [5.74, 6) is 0.262. The predicted octanol–water partition coefficient (Wildman–Crippen LogP) is 3.22. The lowest BCUT2D eigenvalue weighted by atomic mass is 10.2. The second kappa shape index (κ2) is 6.09. The molecule has 2 aromatic rings. The molecule has 0 spiro atoms. The summed E-state index contributed by atoms with van der Waals surface area (Å²) in [7, 11) is 0. The number of halogens is 1. The first-order valence-electron chi connectivity index (χ1n) is 6.58. The number of rotatable bonds is 4. The molecule has 0 atom stereocenters. The van der Waals surface area contributed by atoms with Gasteiger partial charge in [0, 0.05) is 17.3 Å². The molecule has 5 heteroatoms. The highest BCUT2D eigenvalue weighted by molar-refractivity contribution is 6.30. The molecule has 106 valence electrons. The standard InChI is InChI=1S/C15H18ClN3O/c1-10(2)9-17-15(20)14-7-11(3)19(18-14)13-6-4-5-12(16)8-13/h4-8,10H,9H2,1-3H3,(H,17,20). The van der Waals surface area contributed by atoms with Crippen LogP contribution in [0.3, 0.4) is 0 Å². The fraction of sp³-hybridized carbons (Fsp3) is 0.333. The van der Waals surface area contributed by atoms with E-state index in [1.54, 1.807) is 16.8 Å². The van der Waals surface area contributed by atoms with Crippen LogP contribution in [0.15, 0.2) is 30.3 Å². The van der Waals surface area contributed by atoms with Gasteiger partial charge in [0.25, 0.3) is 5.91 Å². The molecule has 2 rings (SSSR count). The van der Waals surface area contributed by atoms with Crippen LogP contribution in [-0.2, 0) is 0 Å². The molecule has 0 saturated heterocycles. The van der Waals surface area contributed by atoms with Crippen LogP contribution < -0.4 is 5.32 Å². The highest BCUT2D eigenvalue weighted by Crippen LogP contribution is 2.16. The van der Waals surface area contributed by atoms with Crippen LogP contribution in [0.25, 0.3) is 5.69 Å². The van der Waals surface area contributed by atoms with Crippen LogP contribution in [0.1, 0.15) is 30.0 Å². The molecular formula is C15H18ClN3O. The van der Waals surface area contributed by atoms with Crippen LogP contribution in [0.2, 0.25) is 5.02 Å². The zero-order chi connectivity index (χ0) is 14.7. The van der Waals surface area contributed by atoms with Crippen LogP contribution in [0, 0.1) is 12.8 Å². The number of benzene rings is 1. The Morgan fingerprint density at radius 2 is 2.15 bits per heavy atom. The molecule has 0 aliphatic heterocycles. The first-order chi connectivity index (χ1) is 9.47. The van der Waals surface area contributed by atoms with Gasteiger partial charge in [0.1, 0.15) is 0 Å². The Bertz CT molecular complexity index is 619. The fourth-order valence-corrected chi connectivity index (χ4v) is 2.03. The van der Waals surface area contributed by atoms with Crippen molar-refractivity contribution >= 4 is 17.5 Å². The first-order valence-corrected chi connectivity index (χ1v) is 6.96. The molecule has 1 N–H and O–H groups in total. The summed E-state index contributed by atoms with van der Waals surface area (Å²) in [6, 6.07) is 9.16. The van der Waals surface area contributed by atoms with Gasteiger partial charge >= 0.3 is 0 Å². The van der Waals surface area contributed by atoms with E-state index in [1.165, 1.54) is 0 Å². The van der Waals surface area contributed by atoms with Gasteiger partial charge in [-0.05, 0) is 37.1 Å². The monoisotopic (exact) mass is 291 g/mol. The maximum absolute atomic E-state index is 12.0. The maximum atomic E-state index is 12.0. The van der Waals surface area contributed by atoms with E-state index in [1.807, 2.05) is 25.1 Å². The minimum absolute atomic E-state index is 0.150. The van der Waals surface area contributed by atoms with Gasteiger partial charge in [-0.25, -0.2) is 4.68 Å². The summed E-state index contributed by atoms with van der Waals surface area (Å²) in [6.07, 6.45) is 0. The van der Waals surface area contributed by atoms with E-state index in [4.69, 9.17) is 11.6 Å². The van der Waals surface area contributed by atoms with Crippen molar-refractivity contribution in [3.63, 3.8) is 0 Å². The average molecular weight is 292 g/mol. The highest BCUT2D eigenvalue weighted by atomic mass is 35.5. The number of aryl methyl sites for hydroxylation is 1. The number of aromatic nitrogens is 2. The minimum atomic E-state index is -0.150. The quantitative estimate of drug-likeness (QED) is 0.940. The number of nitrogens with one attached hydrogen (secondary N) is 1. The molecule has 20 heavy (non-hydrogen) atoms. The van der Waals surface area contributed by atoms with Crippen molar-refractivity contribution in [1.29, 1.82) is 0 Å². The Morgan fingerprint density at radius 1 is 1.40 bits per heavy atom. The van der Waals surface area contributed by atoms with Gasteiger partial charge in [0.15, 0.2) is 5.69 Å². The van der Waals surface area contributed by atoms with Gasteiger partial charge in [0.05, 0.1) is 5.69 Å². The normalized spacial score (nSPS) is 10.8. The summed E-state index contributed by atoms with van der Waals surface area (Å²) < 4.78 is 1.72. The third kappa shape index (κ3) is 3.39. The molecule has 0 bridgehead atoms. The number of carbonyl (C=O) groups is 1. The van der Waals surface area contributed by atoms with Gasteiger partial charge in [-0.2, -0.15) is 5.10 Å². The van der Waals surface area contributed by atoms with Crippen molar-refractivity contribution < 1.29 is 4.79 Å². The Labute approximate surface area is 123 Å². The molecule has 0 unspecified atom stereocenters. The van der Waals surface area contributed by atoms with E-state index in [0.29, 0.717) is 23.2 Å². The van der Waals surface area contributed by atoms with Gasteiger partial charge in [0.2, 0.25) is 0 Å². The molecule has 1 amide bonds. The second-order valence-electron chi connectivity index (χ2n) is 5.17. The summed E-state index contributed by atoms with van der Waals surface area (Å²) in [5, 5.41) is 7.85. The van der Waals surface area contributed by atoms with E-state index < -0.39 is 0 Å². The molecule has 0 radical (unpaired) electrons. The first kappa shape index (κ1) is 14.6. The smallest absolute Gasteiger partial charge is 0.271 e. The van der Waals surface area contributed by atoms with Crippen LogP contribution in [0.5, 0.6) is 0 Å². The van der Waals surface area contributed by atoms with Crippen molar-refractivity contribution in [2.75, 3.05) is 6.54 Å². The fourth-order valence-electron chi connectivity index (χ4n) is 1.84. The van der Waals surface area contributed by atoms with Gasteiger partial charge < -0.3 is 5.32 Å². The second-order valence-corrected chi connectivity index (χ2v) is 5.60. The van der Waals surface area contributed by atoms with Crippen LogP contribution in [-0.4, -0.2) is 22.2 Å². The predicted molar refractivity (Wildman–Crippen MR) is 80.5 cm³/mol. The molecule has 1 aromatic carbocycles. The van der Waals surface area contributed by atoms with Gasteiger partial charge in [-0.3, -0.25) is 4.79 Å². The lowest BCUT2D eigenvalue weighted by molar-refractivity contribution is 0.0943. The molecule has 1 aromatic heterocycles. The summed E-state index contributed by atoms with van der Waals surface area (Å²) in [6.45, 7) is 6.65. The average Bonchev–Trinajstić information content (AvgIpc) is 2.78. The zero-order valence-corrected chi connectivity index (χ0v) is 12.6. The topological polar surface area (TPSA) is 46.9 Å². The molecule has 4 nitrogen and oxygen atoms in total. The number of amides is 1. The largest absolute Gasteiger partial charge is 0.350 e. The summed E-state index contributed by atoms with van der Waals surface area (Å²) in [4.78, 5) is 12.0. The number of hydrogen-bond acceptors (Lipinski definition) is 2. The lowest BCUT2D eigenvalue weighted by Crippen LogP contribution is -2.27. The van der Waals surface area contributed by atoms with Crippen molar-refractivity contribution in [2.24, 2.45) is 5.92 Å². The van der Waals surface area contributed by atoms with E-state index in [9.17, 15) is 4.79 Å². The van der Waals surface area contributed by atoms with Crippen molar-refractivity contribution in [3.05, 3.63) is 46.7 Å². The maximum Gasteiger partial charge on any atom is 0.271 e. The molecular weight excluding hydrogens is 274 g/mol. The van der Waals surface area contributed by atoms with E-state index in [2.05, 4.69) is 24.3 Å². The van der Waals surface area contributed by atoms with Gasteiger partial charge in [-0.15, -0.1) is 0 Å². The van der Waals surface area contributed by atoms with E-state index in [-0.39, 0.29) is 5.91 Å². The van der Waals surface area contributed by atoms with E-state index >= 15 is 0 Å². The van der Waals surface area contributed by atoms with Crippen LogP contribution in [0.4, 0.5) is 0 Å². The number of nitrogens with zero attached hydrogens (tertiary/aromatic N) is 2. The van der Waals surface area contributed by atoms with E-state index in [0.717, 1.165) is 11.4 Å². The lowest BCUT2D eigenvalue weighted by Gasteiger charge is -2.06. The Hall–Kier alpha value is -1.81. The molecule has 0 fully saturated rings. The summed E-state index contributed by atoms with van der Waals surface area (Å²) in [5.41, 5.74) is 2.16. The molecule has 0 saturated carbocycles. The van der Waals surface area contributed by atoms with Gasteiger partial charge in [-0.1, -0.05) is 31.5 Å².